The molecule has 0 aromatic carbocycles. The molecule has 1 aliphatic heterocycles. The van der Waals surface area contributed by atoms with Gasteiger partial charge in [0.25, 0.3) is 0 Å². The summed E-state index contributed by atoms with van der Waals surface area (Å²) in [6, 6.07) is 1.22. The molecule has 0 aromatic rings. The predicted molar refractivity (Wildman–Crippen MR) is 63.0 cm³/mol. The van der Waals surface area contributed by atoms with Gasteiger partial charge in [-0.05, 0) is 13.8 Å². The van der Waals surface area contributed by atoms with Gasteiger partial charge in [-0.15, -0.1) is 11.6 Å². The van der Waals surface area contributed by atoms with Gasteiger partial charge < -0.3 is 5.32 Å². The van der Waals surface area contributed by atoms with Crippen molar-refractivity contribution in [1.29, 1.82) is 0 Å². The van der Waals surface area contributed by atoms with Crippen LogP contribution in [0.4, 0.5) is 0 Å². The molecule has 2 nitrogen and oxygen atoms in total. The van der Waals surface area contributed by atoms with E-state index in [2.05, 4.69) is 37.9 Å². The summed E-state index contributed by atoms with van der Waals surface area (Å²) in [5.74, 6) is 0.774. The molecule has 14 heavy (non-hydrogen) atoms. The number of likely N-dealkylation sites (tertiary alicyclic amines) is 1. The van der Waals surface area contributed by atoms with Gasteiger partial charge in [0.2, 0.25) is 0 Å². The third-order valence-corrected chi connectivity index (χ3v) is 3.54. The van der Waals surface area contributed by atoms with Gasteiger partial charge in [0.15, 0.2) is 0 Å². The highest BCUT2D eigenvalue weighted by molar-refractivity contribution is 6.18. The molecule has 0 atom stereocenters. The highest BCUT2D eigenvalue weighted by Crippen LogP contribution is 2.32. The summed E-state index contributed by atoms with van der Waals surface area (Å²) in [5.41, 5.74) is 0.329. The van der Waals surface area contributed by atoms with Gasteiger partial charge in [-0.2, -0.15) is 0 Å². The second-order valence-corrected chi connectivity index (χ2v) is 5.44. The number of nitrogens with one attached hydrogen (secondary N) is 1. The largest absolute Gasteiger partial charge is 0.314 e. The molecule has 1 fully saturated rings. The fourth-order valence-corrected chi connectivity index (χ4v) is 2.11. The zero-order valence-electron chi connectivity index (χ0n) is 9.81. The van der Waals surface area contributed by atoms with Gasteiger partial charge >= 0.3 is 0 Å². The van der Waals surface area contributed by atoms with Crippen molar-refractivity contribution >= 4 is 11.6 Å². The molecule has 1 heterocycles. The smallest absolute Gasteiger partial charge is 0.0316 e. The maximum Gasteiger partial charge on any atom is 0.0316 e. The number of rotatable bonds is 5. The maximum absolute atomic E-state index is 6.05. The zero-order chi connectivity index (χ0) is 10.8. The summed E-state index contributed by atoms with van der Waals surface area (Å²) in [6.45, 7) is 12.2. The minimum Gasteiger partial charge on any atom is -0.314 e. The Labute approximate surface area is 93.0 Å². The van der Waals surface area contributed by atoms with Crippen molar-refractivity contribution in [1.82, 2.24) is 10.2 Å². The highest BCUT2D eigenvalue weighted by atomic mass is 35.5. The van der Waals surface area contributed by atoms with Crippen LogP contribution in [0.1, 0.15) is 27.7 Å². The first-order valence-electron chi connectivity index (χ1n) is 5.52. The molecule has 0 spiro atoms. The molecule has 0 radical (unpaired) electrons. The van der Waals surface area contributed by atoms with Crippen molar-refractivity contribution in [3.63, 3.8) is 0 Å². The van der Waals surface area contributed by atoms with Crippen molar-refractivity contribution in [2.45, 2.75) is 39.8 Å². The van der Waals surface area contributed by atoms with E-state index < -0.39 is 0 Å². The van der Waals surface area contributed by atoms with Crippen LogP contribution >= 0.6 is 11.6 Å². The molecule has 0 saturated carbocycles. The summed E-state index contributed by atoms with van der Waals surface area (Å²) in [6.07, 6.45) is 0. The lowest BCUT2D eigenvalue weighted by molar-refractivity contribution is -0.00563. The van der Waals surface area contributed by atoms with Crippen LogP contribution in [0.3, 0.4) is 0 Å². The summed E-state index contributed by atoms with van der Waals surface area (Å²) in [4.78, 5) is 2.48. The molecular formula is C11H23ClN2. The summed E-state index contributed by atoms with van der Waals surface area (Å²) in [7, 11) is 0. The molecule has 0 aromatic heterocycles. The van der Waals surface area contributed by atoms with Crippen LogP contribution in [0.5, 0.6) is 0 Å². The average Bonchev–Trinajstić information content (AvgIpc) is 2.02. The third-order valence-electron chi connectivity index (χ3n) is 2.98. The van der Waals surface area contributed by atoms with Crippen LogP contribution in [-0.2, 0) is 0 Å². The lowest BCUT2D eigenvalue weighted by Crippen LogP contribution is -2.63. The van der Waals surface area contributed by atoms with E-state index in [1.54, 1.807) is 0 Å². The van der Waals surface area contributed by atoms with E-state index in [9.17, 15) is 0 Å². The fraction of sp³-hybridized carbons (Fsp3) is 1.00. The van der Waals surface area contributed by atoms with Crippen molar-refractivity contribution in [2.24, 2.45) is 5.41 Å². The third kappa shape index (κ3) is 2.85. The number of hydrogen-bond acceptors (Lipinski definition) is 2. The number of alkyl halides is 1. The molecule has 3 heteroatoms. The van der Waals surface area contributed by atoms with Gasteiger partial charge in [-0.25, -0.2) is 0 Å². The Morgan fingerprint density at radius 3 is 2.21 bits per heavy atom. The topological polar surface area (TPSA) is 15.3 Å². The Bertz CT molecular complexity index is 169. The summed E-state index contributed by atoms with van der Waals surface area (Å²) in [5, 5.41) is 3.49. The fourth-order valence-electron chi connectivity index (χ4n) is 1.84. The van der Waals surface area contributed by atoms with E-state index in [4.69, 9.17) is 11.6 Å². The van der Waals surface area contributed by atoms with E-state index in [1.165, 1.54) is 0 Å². The van der Waals surface area contributed by atoms with Gasteiger partial charge in [0.1, 0.15) is 0 Å². The van der Waals surface area contributed by atoms with E-state index >= 15 is 0 Å². The molecule has 84 valence electrons. The Kier molecular flexibility index (Phi) is 4.23. The molecule has 0 aliphatic carbocycles. The van der Waals surface area contributed by atoms with Crippen LogP contribution in [0.25, 0.3) is 0 Å². The van der Waals surface area contributed by atoms with Gasteiger partial charge in [-0.3, -0.25) is 4.90 Å². The highest BCUT2D eigenvalue weighted by Gasteiger charge is 2.42. The van der Waals surface area contributed by atoms with Gasteiger partial charge in [0.05, 0.1) is 0 Å². The average molecular weight is 219 g/mol. The summed E-state index contributed by atoms with van der Waals surface area (Å²) >= 11 is 6.05. The molecule has 1 N–H and O–H groups in total. The lowest BCUT2D eigenvalue weighted by atomic mass is 9.80. The molecule has 0 unspecified atom stereocenters. The minimum atomic E-state index is 0.329. The zero-order valence-corrected chi connectivity index (χ0v) is 10.6. The predicted octanol–water partition coefficient (Wildman–Crippen LogP) is 1.93. The summed E-state index contributed by atoms with van der Waals surface area (Å²) < 4.78 is 0. The molecule has 1 rings (SSSR count). The second-order valence-electron chi connectivity index (χ2n) is 5.17. The van der Waals surface area contributed by atoms with Crippen LogP contribution in [0.2, 0.25) is 0 Å². The molecule has 1 saturated heterocycles. The van der Waals surface area contributed by atoms with Crippen molar-refractivity contribution < 1.29 is 0 Å². The standard InChI is InChI=1S/C11H23ClN2/c1-9(2)13-6-11(5-12)7-14(8-11)10(3)4/h9-10,13H,5-8H2,1-4H3. The monoisotopic (exact) mass is 218 g/mol. The molecular weight excluding hydrogens is 196 g/mol. The van der Waals surface area contributed by atoms with Crippen LogP contribution in [-0.4, -0.2) is 42.5 Å². The van der Waals surface area contributed by atoms with Crippen molar-refractivity contribution in [3.05, 3.63) is 0 Å². The molecule has 1 aliphatic rings. The van der Waals surface area contributed by atoms with E-state index in [1.807, 2.05) is 0 Å². The Morgan fingerprint density at radius 1 is 1.29 bits per heavy atom. The first kappa shape index (κ1) is 12.3. The maximum atomic E-state index is 6.05. The molecule has 0 bridgehead atoms. The van der Waals surface area contributed by atoms with Gasteiger partial charge in [0, 0.05) is 43.0 Å². The van der Waals surface area contributed by atoms with Crippen LogP contribution in [0, 0.1) is 5.41 Å². The number of hydrogen-bond donors (Lipinski definition) is 1. The van der Waals surface area contributed by atoms with Crippen LogP contribution < -0.4 is 5.32 Å². The number of halogens is 1. The van der Waals surface area contributed by atoms with Crippen molar-refractivity contribution in [3.8, 4) is 0 Å². The number of nitrogens with zero attached hydrogens (tertiary/aromatic N) is 1. The first-order valence-corrected chi connectivity index (χ1v) is 6.06. The molecule has 0 amide bonds. The van der Waals surface area contributed by atoms with Gasteiger partial charge in [-0.1, -0.05) is 13.8 Å². The Balaban J connectivity index is 2.33. The van der Waals surface area contributed by atoms with E-state index in [-0.39, 0.29) is 0 Å². The normalized spacial score (nSPS) is 21.6. The Morgan fingerprint density at radius 2 is 1.86 bits per heavy atom. The lowest BCUT2D eigenvalue weighted by Gasteiger charge is -2.51. The van der Waals surface area contributed by atoms with E-state index in [0.29, 0.717) is 17.5 Å². The first-order chi connectivity index (χ1) is 6.49. The second kappa shape index (κ2) is 4.82. The minimum absolute atomic E-state index is 0.329. The van der Waals surface area contributed by atoms with Crippen LogP contribution in [0.15, 0.2) is 0 Å². The van der Waals surface area contributed by atoms with Crippen molar-refractivity contribution in [2.75, 3.05) is 25.5 Å². The quantitative estimate of drug-likeness (QED) is 0.710. The Hall–Kier alpha value is 0.210. The van der Waals surface area contributed by atoms with E-state index in [0.717, 1.165) is 25.5 Å². The SMILES string of the molecule is CC(C)NCC1(CCl)CN(C(C)C)C1.